The summed E-state index contributed by atoms with van der Waals surface area (Å²) in [6.07, 6.45) is 1.30. The van der Waals surface area contributed by atoms with Crippen molar-refractivity contribution in [2.45, 2.75) is 19.1 Å². The molecular weight excluding hydrogens is 277 g/mol. The smallest absolute Gasteiger partial charge is 0.264 e. The molecule has 1 unspecified atom stereocenters. The van der Waals surface area contributed by atoms with Crippen LogP contribution in [0, 0.1) is 5.82 Å². The van der Waals surface area contributed by atoms with Gasteiger partial charge in [0.15, 0.2) is 11.5 Å². The summed E-state index contributed by atoms with van der Waals surface area (Å²) in [7, 11) is 1.48. The summed E-state index contributed by atoms with van der Waals surface area (Å²) in [6, 6.07) is 0. The van der Waals surface area contributed by atoms with Crippen LogP contribution in [0.1, 0.15) is 6.42 Å². The minimum absolute atomic E-state index is 0.0951. The largest absolute Gasteiger partial charge is 0.394 e. The number of aromatic amines is 1. The van der Waals surface area contributed by atoms with Gasteiger partial charge in [-0.15, -0.1) is 0 Å². The van der Waals surface area contributed by atoms with Crippen molar-refractivity contribution in [3.05, 3.63) is 27.7 Å². The highest BCUT2D eigenvalue weighted by atomic mass is 35.5. The fraction of sp³-hybridized carbons (Fsp3) is 0.455. The summed E-state index contributed by atoms with van der Waals surface area (Å²) < 4.78 is 20.2. The van der Waals surface area contributed by atoms with Crippen molar-refractivity contribution >= 4 is 22.6 Å². The SMILES string of the molecule is COC(CO)CCn1cc(F)c2c(=O)[nH]c(Cl)nc21. The number of halogens is 2. The molecule has 19 heavy (non-hydrogen) atoms. The van der Waals surface area contributed by atoms with E-state index in [0.717, 1.165) is 0 Å². The summed E-state index contributed by atoms with van der Waals surface area (Å²) in [6.45, 7) is 0.221. The maximum absolute atomic E-state index is 13.7. The number of hydrogen-bond acceptors (Lipinski definition) is 4. The number of nitrogens with one attached hydrogen (secondary N) is 1. The lowest BCUT2D eigenvalue weighted by Crippen LogP contribution is -2.18. The first-order chi connectivity index (χ1) is 9.06. The number of rotatable bonds is 5. The molecule has 104 valence electrons. The van der Waals surface area contributed by atoms with E-state index >= 15 is 0 Å². The van der Waals surface area contributed by atoms with Crippen molar-refractivity contribution in [3.63, 3.8) is 0 Å². The molecule has 0 aromatic carbocycles. The summed E-state index contributed by atoms with van der Waals surface area (Å²) in [5.74, 6) is -0.654. The van der Waals surface area contributed by atoms with Crippen LogP contribution < -0.4 is 5.56 Å². The molecule has 2 aromatic heterocycles. The number of aliphatic hydroxyl groups is 1. The zero-order valence-corrected chi connectivity index (χ0v) is 10.9. The maximum atomic E-state index is 13.7. The molecule has 0 aliphatic rings. The molecule has 2 N–H and O–H groups in total. The molecule has 1 atom stereocenters. The maximum Gasteiger partial charge on any atom is 0.264 e. The standard InChI is InChI=1S/C11H13ClFN3O3/c1-19-6(5-17)2-3-16-4-7(13)8-9(16)14-11(12)15-10(8)18/h4,6,17H,2-3,5H2,1H3,(H,14,15,18). The van der Waals surface area contributed by atoms with Gasteiger partial charge in [0, 0.05) is 19.9 Å². The van der Waals surface area contributed by atoms with Crippen molar-refractivity contribution in [3.8, 4) is 0 Å². The van der Waals surface area contributed by atoms with Crippen LogP contribution >= 0.6 is 11.6 Å². The van der Waals surface area contributed by atoms with E-state index < -0.39 is 11.4 Å². The monoisotopic (exact) mass is 289 g/mol. The Morgan fingerprint density at radius 2 is 2.42 bits per heavy atom. The van der Waals surface area contributed by atoms with Gasteiger partial charge in [0.05, 0.1) is 12.7 Å². The first-order valence-corrected chi connectivity index (χ1v) is 6.02. The molecule has 0 aliphatic carbocycles. The summed E-state index contributed by atoms with van der Waals surface area (Å²) in [5, 5.41) is 8.79. The predicted molar refractivity (Wildman–Crippen MR) is 67.8 cm³/mol. The molecule has 0 aliphatic heterocycles. The van der Waals surface area contributed by atoms with Gasteiger partial charge in [0.1, 0.15) is 5.39 Å². The van der Waals surface area contributed by atoms with E-state index in [-0.39, 0.29) is 29.0 Å². The third-order valence-corrected chi connectivity index (χ3v) is 3.06. The molecule has 2 heterocycles. The van der Waals surface area contributed by atoms with E-state index in [0.29, 0.717) is 13.0 Å². The van der Waals surface area contributed by atoms with Gasteiger partial charge in [-0.05, 0) is 18.0 Å². The molecule has 0 fully saturated rings. The number of hydrogen-bond donors (Lipinski definition) is 2. The third-order valence-electron chi connectivity index (χ3n) is 2.88. The second-order valence-electron chi connectivity index (χ2n) is 4.05. The van der Waals surface area contributed by atoms with E-state index in [1.165, 1.54) is 17.9 Å². The lowest BCUT2D eigenvalue weighted by atomic mass is 10.2. The van der Waals surface area contributed by atoms with Gasteiger partial charge < -0.3 is 14.4 Å². The number of fused-ring (bicyclic) bond motifs is 1. The Hall–Kier alpha value is -1.44. The molecule has 2 aromatic rings. The average molecular weight is 290 g/mol. The van der Waals surface area contributed by atoms with E-state index in [2.05, 4.69) is 9.97 Å². The van der Waals surface area contributed by atoms with Crippen LogP contribution in [0.5, 0.6) is 0 Å². The number of ether oxygens (including phenoxy) is 1. The second-order valence-corrected chi connectivity index (χ2v) is 4.41. The number of aromatic nitrogens is 3. The Morgan fingerprint density at radius 1 is 1.68 bits per heavy atom. The minimum atomic E-state index is -0.654. The zero-order valence-electron chi connectivity index (χ0n) is 10.2. The molecule has 0 spiro atoms. The van der Waals surface area contributed by atoms with E-state index in [4.69, 9.17) is 21.4 Å². The van der Waals surface area contributed by atoms with Gasteiger partial charge in [-0.3, -0.25) is 9.78 Å². The van der Waals surface area contributed by atoms with E-state index in [9.17, 15) is 9.18 Å². The molecule has 0 saturated heterocycles. The molecule has 0 saturated carbocycles. The second kappa shape index (κ2) is 5.68. The van der Waals surface area contributed by atoms with Crippen molar-refractivity contribution in [1.82, 2.24) is 14.5 Å². The number of aryl methyl sites for hydroxylation is 1. The Kier molecular flexibility index (Phi) is 4.18. The average Bonchev–Trinajstić information content (AvgIpc) is 2.67. The molecule has 2 rings (SSSR count). The van der Waals surface area contributed by atoms with Crippen molar-refractivity contribution in [2.75, 3.05) is 13.7 Å². The first-order valence-electron chi connectivity index (χ1n) is 5.64. The highest BCUT2D eigenvalue weighted by molar-refractivity contribution is 6.28. The Balaban J connectivity index is 2.36. The van der Waals surface area contributed by atoms with Crippen molar-refractivity contribution in [1.29, 1.82) is 0 Å². The Labute approximate surface area is 112 Å². The molecule has 0 bridgehead atoms. The van der Waals surface area contributed by atoms with Crippen LogP contribution in [-0.2, 0) is 11.3 Å². The minimum Gasteiger partial charge on any atom is -0.394 e. The van der Waals surface area contributed by atoms with Crippen LogP contribution in [0.2, 0.25) is 5.28 Å². The topological polar surface area (TPSA) is 80.1 Å². The van der Waals surface area contributed by atoms with Crippen molar-refractivity contribution < 1.29 is 14.2 Å². The zero-order chi connectivity index (χ0) is 14.0. The van der Waals surface area contributed by atoms with Gasteiger partial charge in [0.25, 0.3) is 5.56 Å². The molecule has 0 amide bonds. The number of nitrogens with zero attached hydrogens (tertiary/aromatic N) is 2. The highest BCUT2D eigenvalue weighted by Gasteiger charge is 2.15. The quantitative estimate of drug-likeness (QED) is 0.802. The van der Waals surface area contributed by atoms with Gasteiger partial charge in [-0.25, -0.2) is 9.37 Å². The predicted octanol–water partition coefficient (Wildman–Crippen LogP) is 0.914. The molecule has 0 radical (unpaired) electrons. The lowest BCUT2D eigenvalue weighted by Gasteiger charge is -2.12. The normalized spacial score (nSPS) is 13.1. The van der Waals surface area contributed by atoms with Crippen molar-refractivity contribution in [2.24, 2.45) is 0 Å². The van der Waals surface area contributed by atoms with Crippen LogP contribution in [0.3, 0.4) is 0 Å². The van der Waals surface area contributed by atoms with E-state index in [1.807, 2.05) is 0 Å². The fourth-order valence-electron chi connectivity index (χ4n) is 1.86. The summed E-state index contributed by atoms with van der Waals surface area (Å²) in [5.41, 5.74) is -0.434. The van der Waals surface area contributed by atoms with Gasteiger partial charge >= 0.3 is 0 Å². The first kappa shape index (κ1) is 14.0. The molecule has 6 nitrogen and oxygen atoms in total. The number of H-pyrrole nitrogens is 1. The van der Waals surface area contributed by atoms with Gasteiger partial charge in [-0.2, -0.15) is 0 Å². The third kappa shape index (κ3) is 2.78. The van der Waals surface area contributed by atoms with Crippen LogP contribution in [-0.4, -0.2) is 39.5 Å². The lowest BCUT2D eigenvalue weighted by molar-refractivity contribution is 0.0405. The van der Waals surface area contributed by atoms with Gasteiger partial charge in [-0.1, -0.05) is 0 Å². The molecular formula is C11H13ClFN3O3. The Morgan fingerprint density at radius 3 is 3.05 bits per heavy atom. The number of aliphatic hydroxyl groups excluding tert-OH is 1. The summed E-state index contributed by atoms with van der Waals surface area (Å²) >= 11 is 5.66. The Bertz CT molecular complexity index is 636. The highest BCUT2D eigenvalue weighted by Crippen LogP contribution is 2.16. The van der Waals surface area contributed by atoms with Crippen LogP contribution in [0.25, 0.3) is 11.0 Å². The van der Waals surface area contributed by atoms with Crippen LogP contribution in [0.4, 0.5) is 4.39 Å². The van der Waals surface area contributed by atoms with Gasteiger partial charge in [0.2, 0.25) is 5.28 Å². The van der Waals surface area contributed by atoms with Crippen LogP contribution in [0.15, 0.2) is 11.0 Å². The fourth-order valence-corrected chi connectivity index (χ4v) is 2.02. The summed E-state index contributed by atoms with van der Waals surface area (Å²) in [4.78, 5) is 17.7. The molecule has 8 heteroatoms. The number of methoxy groups -OCH3 is 1. The van der Waals surface area contributed by atoms with E-state index in [1.54, 1.807) is 0 Å².